The van der Waals surface area contributed by atoms with Crippen LogP contribution in [0.25, 0.3) is 22.2 Å². The molecule has 1 aliphatic carbocycles. The molecule has 0 radical (unpaired) electrons. The van der Waals surface area contributed by atoms with Crippen LogP contribution in [0.1, 0.15) is 50.4 Å². The molecule has 3 aromatic rings. The summed E-state index contributed by atoms with van der Waals surface area (Å²) in [5.41, 5.74) is 3.23. The third kappa shape index (κ3) is 5.75. The molecule has 2 heterocycles. The molecule has 2 aromatic carbocycles. The third-order valence-corrected chi connectivity index (χ3v) is 8.32. The van der Waals surface area contributed by atoms with Crippen molar-refractivity contribution in [2.45, 2.75) is 46.1 Å². The van der Waals surface area contributed by atoms with E-state index >= 15 is 0 Å². The van der Waals surface area contributed by atoms with E-state index in [1.165, 1.54) is 12.8 Å². The Bertz CT molecular complexity index is 1270. The van der Waals surface area contributed by atoms with Crippen molar-refractivity contribution in [3.8, 4) is 11.3 Å². The Morgan fingerprint density at radius 2 is 1.63 bits per heavy atom. The van der Waals surface area contributed by atoms with Crippen molar-refractivity contribution < 1.29 is 14.3 Å². The van der Waals surface area contributed by atoms with Gasteiger partial charge in [0.2, 0.25) is 5.91 Å². The lowest BCUT2D eigenvalue weighted by atomic mass is 9.75. The molecule has 0 spiro atoms. The van der Waals surface area contributed by atoms with Gasteiger partial charge in [0.25, 0.3) is 5.91 Å². The predicted molar refractivity (Wildman–Crippen MR) is 151 cm³/mol. The van der Waals surface area contributed by atoms with E-state index in [1.807, 2.05) is 70.5 Å². The number of fused-ring (bicyclic) bond motifs is 1. The average Bonchev–Trinajstić information content (AvgIpc) is 2.95. The Kier molecular flexibility index (Phi) is 8.08. The highest BCUT2D eigenvalue weighted by Crippen LogP contribution is 2.35. The smallest absolute Gasteiger partial charge is 0.254 e. The minimum absolute atomic E-state index is 0.0138. The molecule has 2 amide bonds. The van der Waals surface area contributed by atoms with Crippen molar-refractivity contribution in [1.82, 2.24) is 14.8 Å². The van der Waals surface area contributed by atoms with Gasteiger partial charge in [-0.05, 0) is 42.7 Å². The van der Waals surface area contributed by atoms with Crippen LogP contribution < -0.4 is 0 Å². The fraction of sp³-hybridized carbons (Fsp3) is 0.469. The molecular formula is C32H39N3O3. The molecule has 0 N–H and O–H groups in total. The Balaban J connectivity index is 1.24. The molecule has 0 bridgehead atoms. The summed E-state index contributed by atoms with van der Waals surface area (Å²) in [6, 6.07) is 19.6. The molecule has 3 atom stereocenters. The fourth-order valence-electron chi connectivity index (χ4n) is 6.01. The second kappa shape index (κ2) is 11.6. The van der Waals surface area contributed by atoms with Crippen LogP contribution >= 0.6 is 0 Å². The number of benzene rings is 2. The van der Waals surface area contributed by atoms with E-state index in [-0.39, 0.29) is 24.5 Å². The van der Waals surface area contributed by atoms with Gasteiger partial charge in [0.15, 0.2) is 0 Å². The first-order valence-corrected chi connectivity index (χ1v) is 14.0. The number of hydrogen-bond acceptors (Lipinski definition) is 4. The van der Waals surface area contributed by atoms with E-state index in [0.29, 0.717) is 49.5 Å². The molecule has 38 heavy (non-hydrogen) atoms. The molecule has 2 aliphatic rings. The summed E-state index contributed by atoms with van der Waals surface area (Å²) in [6.45, 7) is 8.99. The second-order valence-electron chi connectivity index (χ2n) is 11.3. The fourth-order valence-corrected chi connectivity index (χ4v) is 6.01. The monoisotopic (exact) mass is 513 g/mol. The van der Waals surface area contributed by atoms with E-state index in [9.17, 15) is 9.59 Å². The van der Waals surface area contributed by atoms with Gasteiger partial charge in [-0.2, -0.15) is 0 Å². The maximum Gasteiger partial charge on any atom is 0.254 e. The highest BCUT2D eigenvalue weighted by atomic mass is 16.5. The minimum Gasteiger partial charge on any atom is -0.368 e. The van der Waals surface area contributed by atoms with Crippen molar-refractivity contribution in [3.63, 3.8) is 0 Å². The van der Waals surface area contributed by atoms with Gasteiger partial charge in [-0.3, -0.25) is 9.59 Å². The molecule has 1 saturated carbocycles. The van der Waals surface area contributed by atoms with Crippen LogP contribution in [0.5, 0.6) is 0 Å². The van der Waals surface area contributed by atoms with Crippen LogP contribution in [0.2, 0.25) is 0 Å². The molecule has 200 valence electrons. The zero-order chi connectivity index (χ0) is 26.6. The maximum atomic E-state index is 13.7. The number of nitrogens with zero attached hydrogens (tertiary/aromatic N) is 3. The lowest BCUT2D eigenvalue weighted by Gasteiger charge is -2.38. The number of hydrogen-bond donors (Lipinski definition) is 0. The number of carbonyl (C=O) groups is 2. The third-order valence-electron chi connectivity index (χ3n) is 8.32. The van der Waals surface area contributed by atoms with E-state index in [0.717, 1.165) is 28.6 Å². The van der Waals surface area contributed by atoms with Crippen LogP contribution in [0.4, 0.5) is 0 Å². The van der Waals surface area contributed by atoms with Crippen molar-refractivity contribution >= 4 is 22.7 Å². The molecule has 6 heteroatoms. The Hall–Kier alpha value is -3.25. The number of piperazine rings is 1. The van der Waals surface area contributed by atoms with Gasteiger partial charge in [-0.15, -0.1) is 0 Å². The zero-order valence-corrected chi connectivity index (χ0v) is 22.8. The van der Waals surface area contributed by atoms with Gasteiger partial charge < -0.3 is 14.5 Å². The van der Waals surface area contributed by atoms with Crippen molar-refractivity contribution in [1.29, 1.82) is 0 Å². The van der Waals surface area contributed by atoms with Crippen LogP contribution in [0.3, 0.4) is 0 Å². The molecular weight excluding hydrogens is 474 g/mol. The number of ether oxygens (including phenoxy) is 1. The summed E-state index contributed by atoms with van der Waals surface area (Å²) in [7, 11) is 0. The number of rotatable bonds is 6. The maximum absolute atomic E-state index is 13.7. The molecule has 1 aliphatic heterocycles. The number of para-hydroxylation sites is 1. The average molecular weight is 514 g/mol. The standard InChI is InChI=1S/C32H39N3O3/c1-22(2)25-14-13-23(3)19-30(25)38-21-31(36)34-15-17-35(18-16-34)32(37)27-20-29(24-9-5-4-6-10-24)33-28-12-8-7-11-26(27)28/h4-12,20,22-23,25,30H,13-19,21H2,1-3H3/t23-,25+,30-/m0/s1. The van der Waals surface area contributed by atoms with E-state index in [4.69, 9.17) is 9.72 Å². The summed E-state index contributed by atoms with van der Waals surface area (Å²) in [5, 5.41) is 0.852. The first-order valence-electron chi connectivity index (χ1n) is 14.0. The zero-order valence-electron chi connectivity index (χ0n) is 22.8. The highest BCUT2D eigenvalue weighted by molar-refractivity contribution is 6.07. The Morgan fingerprint density at radius 1 is 0.947 bits per heavy atom. The van der Waals surface area contributed by atoms with Crippen LogP contribution in [-0.2, 0) is 9.53 Å². The van der Waals surface area contributed by atoms with Gasteiger partial charge >= 0.3 is 0 Å². The van der Waals surface area contributed by atoms with Crippen LogP contribution in [0.15, 0.2) is 60.7 Å². The summed E-state index contributed by atoms with van der Waals surface area (Å²) in [6.07, 6.45) is 3.60. The first kappa shape index (κ1) is 26.4. The van der Waals surface area contributed by atoms with E-state index in [2.05, 4.69) is 20.8 Å². The van der Waals surface area contributed by atoms with Gasteiger partial charge in [0, 0.05) is 37.1 Å². The summed E-state index contributed by atoms with van der Waals surface area (Å²) in [4.78, 5) is 35.2. The van der Waals surface area contributed by atoms with Gasteiger partial charge in [0.1, 0.15) is 6.61 Å². The SMILES string of the molecule is CC(C)[C@H]1CC[C@H](C)C[C@@H]1OCC(=O)N1CCN(C(=O)c2cc(-c3ccccc3)nc3ccccc23)CC1. The molecule has 1 aromatic heterocycles. The Morgan fingerprint density at radius 3 is 2.37 bits per heavy atom. The summed E-state index contributed by atoms with van der Waals surface area (Å²) in [5.74, 6) is 1.73. The Labute approximate surface area is 226 Å². The predicted octanol–water partition coefficient (Wildman–Crippen LogP) is 5.66. The van der Waals surface area contributed by atoms with Crippen molar-refractivity contribution in [3.05, 3.63) is 66.2 Å². The quantitative estimate of drug-likeness (QED) is 0.427. The summed E-state index contributed by atoms with van der Waals surface area (Å²) >= 11 is 0. The van der Waals surface area contributed by atoms with E-state index in [1.54, 1.807) is 0 Å². The lowest BCUT2D eigenvalue weighted by molar-refractivity contribution is -0.143. The number of amides is 2. The van der Waals surface area contributed by atoms with Crippen LogP contribution in [0, 0.1) is 17.8 Å². The molecule has 6 nitrogen and oxygen atoms in total. The highest BCUT2D eigenvalue weighted by Gasteiger charge is 2.33. The lowest BCUT2D eigenvalue weighted by Crippen LogP contribution is -2.51. The number of pyridine rings is 1. The van der Waals surface area contributed by atoms with E-state index < -0.39 is 0 Å². The number of aromatic nitrogens is 1. The molecule has 0 unspecified atom stereocenters. The first-order chi connectivity index (χ1) is 18.4. The number of carbonyl (C=O) groups excluding carboxylic acids is 2. The summed E-state index contributed by atoms with van der Waals surface area (Å²) < 4.78 is 6.21. The molecule has 1 saturated heterocycles. The van der Waals surface area contributed by atoms with Crippen molar-refractivity contribution in [2.75, 3.05) is 32.8 Å². The minimum atomic E-state index is -0.0138. The topological polar surface area (TPSA) is 62.7 Å². The normalized spacial score (nSPS) is 22.2. The molecule has 5 rings (SSSR count). The van der Waals surface area contributed by atoms with Gasteiger partial charge in [-0.25, -0.2) is 4.98 Å². The molecule has 2 fully saturated rings. The van der Waals surface area contributed by atoms with Gasteiger partial charge in [-0.1, -0.05) is 75.7 Å². The second-order valence-corrected chi connectivity index (χ2v) is 11.3. The van der Waals surface area contributed by atoms with Crippen molar-refractivity contribution in [2.24, 2.45) is 17.8 Å². The van der Waals surface area contributed by atoms with Crippen LogP contribution in [-0.4, -0.2) is 65.5 Å². The van der Waals surface area contributed by atoms with Gasteiger partial charge in [0.05, 0.1) is 22.9 Å². The largest absolute Gasteiger partial charge is 0.368 e.